The third kappa shape index (κ3) is 9.13. The number of carbonyl (C=O) groups excluding carboxylic acids is 3. The molecule has 0 aromatic heterocycles. The van der Waals surface area contributed by atoms with Crippen LogP contribution < -0.4 is 15.4 Å². The number of rotatable bonds is 14. The second kappa shape index (κ2) is 15.1. The SMILES string of the molecule is CCCC[C@H](SNC(=O)OC(c1ccccc1)C(C)(C)c1cccc(Cl)c1)C(=O)N[C@@H](C[C@@H]1CCNC1=O)C(=O)O. The Morgan fingerprint density at radius 3 is 2.51 bits per heavy atom. The summed E-state index contributed by atoms with van der Waals surface area (Å²) in [6.07, 6.45) is 1.03. The summed E-state index contributed by atoms with van der Waals surface area (Å²) in [5.74, 6) is -2.41. The number of ether oxygens (including phenoxy) is 1. The first kappa shape index (κ1) is 32.3. The van der Waals surface area contributed by atoms with E-state index in [2.05, 4.69) is 15.4 Å². The standard InChI is InChI=1S/C30H38ClN3O6S/c1-4-5-14-24(27(36)33-23(28(37)38)17-20-15-16-32-26(20)35)41-34-29(39)40-25(19-10-7-6-8-11-19)30(2,3)21-12-9-13-22(31)18-21/h6-13,18,20,23-25H,4-5,14-17H2,1-3H3,(H,32,35)(H,33,36)(H,34,39)(H,37,38)/t20-,23-,24-,25?/m0/s1. The second-order valence-corrected chi connectivity index (χ2v) is 12.1. The van der Waals surface area contributed by atoms with Crippen molar-refractivity contribution in [3.63, 3.8) is 0 Å². The molecule has 1 unspecified atom stereocenters. The minimum Gasteiger partial charge on any atom is -0.480 e. The molecule has 0 radical (unpaired) electrons. The number of carbonyl (C=O) groups is 4. The van der Waals surface area contributed by atoms with Gasteiger partial charge in [0.05, 0.1) is 0 Å². The van der Waals surface area contributed by atoms with E-state index >= 15 is 0 Å². The number of nitrogens with one attached hydrogen (secondary N) is 3. The fourth-order valence-electron chi connectivity index (χ4n) is 4.82. The number of unbranched alkanes of at least 4 members (excludes halogenated alkanes) is 1. The van der Waals surface area contributed by atoms with E-state index in [4.69, 9.17) is 16.3 Å². The number of benzene rings is 2. The lowest BCUT2D eigenvalue weighted by molar-refractivity contribution is -0.142. The van der Waals surface area contributed by atoms with Gasteiger partial charge in [0.25, 0.3) is 0 Å². The summed E-state index contributed by atoms with van der Waals surface area (Å²) < 4.78 is 8.61. The number of hydrogen-bond donors (Lipinski definition) is 4. The topological polar surface area (TPSA) is 134 Å². The number of aliphatic carboxylic acids is 1. The largest absolute Gasteiger partial charge is 0.480 e. The molecule has 0 bridgehead atoms. The van der Waals surface area contributed by atoms with E-state index in [-0.39, 0.29) is 12.3 Å². The summed E-state index contributed by atoms with van der Waals surface area (Å²) in [5.41, 5.74) is 1.02. The lowest BCUT2D eigenvalue weighted by Gasteiger charge is -2.35. The molecule has 1 aliphatic rings. The Bertz CT molecular complexity index is 1210. The van der Waals surface area contributed by atoms with E-state index in [1.54, 1.807) is 6.07 Å². The maximum absolute atomic E-state index is 13.2. The van der Waals surface area contributed by atoms with E-state index in [9.17, 15) is 24.3 Å². The fourth-order valence-corrected chi connectivity index (χ4v) is 5.76. The third-order valence-corrected chi connectivity index (χ3v) is 8.50. The number of amides is 3. The molecule has 3 rings (SSSR count). The fraction of sp³-hybridized carbons (Fsp3) is 0.467. The Kier molecular flexibility index (Phi) is 11.9. The molecule has 222 valence electrons. The van der Waals surface area contributed by atoms with Gasteiger partial charge in [-0.05, 0) is 54.5 Å². The molecule has 3 amide bonds. The van der Waals surface area contributed by atoms with Crippen LogP contribution >= 0.6 is 23.5 Å². The van der Waals surface area contributed by atoms with Crippen LogP contribution in [-0.4, -0.2) is 46.8 Å². The normalized spacial score (nSPS) is 17.2. The molecule has 0 aliphatic carbocycles. The predicted molar refractivity (Wildman–Crippen MR) is 159 cm³/mol. The van der Waals surface area contributed by atoms with Gasteiger partial charge in [-0.3, -0.25) is 14.3 Å². The van der Waals surface area contributed by atoms with Crippen LogP contribution in [0.25, 0.3) is 0 Å². The molecule has 41 heavy (non-hydrogen) atoms. The molecule has 1 saturated heterocycles. The summed E-state index contributed by atoms with van der Waals surface area (Å²) in [4.78, 5) is 50.1. The molecule has 1 aliphatic heterocycles. The van der Waals surface area contributed by atoms with Crippen LogP contribution in [0.15, 0.2) is 54.6 Å². The summed E-state index contributed by atoms with van der Waals surface area (Å²) in [6, 6.07) is 15.6. The first-order valence-corrected chi connectivity index (χ1v) is 15.0. The summed E-state index contributed by atoms with van der Waals surface area (Å²) >= 11 is 7.15. The molecule has 2 aromatic rings. The first-order valence-electron chi connectivity index (χ1n) is 13.8. The average Bonchev–Trinajstić information content (AvgIpc) is 3.35. The van der Waals surface area contributed by atoms with E-state index in [1.165, 1.54) is 0 Å². The lowest BCUT2D eigenvalue weighted by Crippen LogP contribution is -2.46. The zero-order valence-electron chi connectivity index (χ0n) is 23.5. The molecule has 4 atom stereocenters. The predicted octanol–water partition coefficient (Wildman–Crippen LogP) is 5.39. The van der Waals surface area contributed by atoms with Crippen molar-refractivity contribution >= 4 is 47.4 Å². The third-order valence-electron chi connectivity index (χ3n) is 7.25. The minimum atomic E-state index is -1.21. The minimum absolute atomic E-state index is 0.00484. The van der Waals surface area contributed by atoms with Crippen LogP contribution in [0, 0.1) is 5.92 Å². The zero-order chi connectivity index (χ0) is 30.0. The van der Waals surface area contributed by atoms with Crippen LogP contribution in [0.2, 0.25) is 5.02 Å². The summed E-state index contributed by atoms with van der Waals surface area (Å²) in [7, 11) is 0. The van der Waals surface area contributed by atoms with Crippen molar-refractivity contribution < 1.29 is 29.0 Å². The van der Waals surface area contributed by atoms with Gasteiger partial charge < -0.3 is 20.5 Å². The van der Waals surface area contributed by atoms with Crippen LogP contribution in [0.3, 0.4) is 0 Å². The Balaban J connectivity index is 1.71. The van der Waals surface area contributed by atoms with Gasteiger partial charge in [0, 0.05) is 22.9 Å². The van der Waals surface area contributed by atoms with Crippen LogP contribution in [-0.2, 0) is 24.5 Å². The van der Waals surface area contributed by atoms with Crippen LogP contribution in [0.1, 0.15) is 70.1 Å². The van der Waals surface area contributed by atoms with Gasteiger partial charge in [-0.25, -0.2) is 9.59 Å². The van der Waals surface area contributed by atoms with Gasteiger partial charge in [0.15, 0.2) is 0 Å². The van der Waals surface area contributed by atoms with Gasteiger partial charge >= 0.3 is 12.1 Å². The summed E-state index contributed by atoms with van der Waals surface area (Å²) in [6.45, 7) is 6.39. The number of hydrogen-bond acceptors (Lipinski definition) is 6. The molecule has 11 heteroatoms. The number of carboxylic acids is 1. The number of carboxylic acid groups (broad SMARTS) is 1. The number of halogens is 1. The van der Waals surface area contributed by atoms with Gasteiger partial charge in [-0.1, -0.05) is 87.7 Å². The molecule has 0 saturated carbocycles. The van der Waals surface area contributed by atoms with Gasteiger partial charge in [0.2, 0.25) is 11.8 Å². The van der Waals surface area contributed by atoms with E-state index in [0.717, 1.165) is 29.5 Å². The Labute approximate surface area is 250 Å². The molecule has 0 spiro atoms. The highest BCUT2D eigenvalue weighted by atomic mass is 35.5. The Hall–Kier alpha value is -3.24. The van der Waals surface area contributed by atoms with Crippen LogP contribution in [0.4, 0.5) is 4.79 Å². The molecular weight excluding hydrogens is 566 g/mol. The van der Waals surface area contributed by atoms with E-state index < -0.39 is 46.7 Å². The van der Waals surface area contributed by atoms with E-state index in [1.807, 2.05) is 69.3 Å². The molecule has 1 heterocycles. The van der Waals surface area contributed by atoms with Gasteiger partial charge in [-0.15, -0.1) is 0 Å². The smallest absolute Gasteiger partial charge is 0.417 e. The maximum Gasteiger partial charge on any atom is 0.417 e. The van der Waals surface area contributed by atoms with Crippen molar-refractivity contribution in [3.05, 3.63) is 70.7 Å². The molecule has 2 aromatic carbocycles. The van der Waals surface area contributed by atoms with Gasteiger partial charge in [0.1, 0.15) is 17.4 Å². The van der Waals surface area contributed by atoms with Crippen molar-refractivity contribution in [1.82, 2.24) is 15.4 Å². The highest BCUT2D eigenvalue weighted by Gasteiger charge is 2.37. The Morgan fingerprint density at radius 2 is 1.90 bits per heavy atom. The monoisotopic (exact) mass is 603 g/mol. The Morgan fingerprint density at radius 1 is 1.17 bits per heavy atom. The zero-order valence-corrected chi connectivity index (χ0v) is 25.1. The van der Waals surface area contributed by atoms with Crippen molar-refractivity contribution in [3.8, 4) is 0 Å². The molecule has 1 fully saturated rings. The second-order valence-electron chi connectivity index (χ2n) is 10.7. The first-order chi connectivity index (χ1) is 19.5. The molecular formula is C30H38ClN3O6S. The van der Waals surface area contributed by atoms with Crippen molar-refractivity contribution in [2.75, 3.05) is 6.54 Å². The average molecular weight is 604 g/mol. The molecule has 9 nitrogen and oxygen atoms in total. The van der Waals surface area contributed by atoms with Crippen LogP contribution in [0.5, 0.6) is 0 Å². The molecule has 4 N–H and O–H groups in total. The quantitative estimate of drug-likeness (QED) is 0.213. The highest BCUT2D eigenvalue weighted by Crippen LogP contribution is 2.40. The van der Waals surface area contributed by atoms with Crippen molar-refractivity contribution in [2.45, 2.75) is 75.7 Å². The van der Waals surface area contributed by atoms with Crippen molar-refractivity contribution in [1.29, 1.82) is 0 Å². The summed E-state index contributed by atoms with van der Waals surface area (Å²) in [5, 5.41) is 14.8. The van der Waals surface area contributed by atoms with Crippen molar-refractivity contribution in [2.24, 2.45) is 5.92 Å². The van der Waals surface area contributed by atoms with E-state index in [0.29, 0.717) is 30.8 Å². The van der Waals surface area contributed by atoms with Gasteiger partial charge in [-0.2, -0.15) is 0 Å². The highest BCUT2D eigenvalue weighted by molar-refractivity contribution is 7.99. The maximum atomic E-state index is 13.2. The lowest BCUT2D eigenvalue weighted by atomic mass is 9.76.